The van der Waals surface area contributed by atoms with Gasteiger partial charge in [0.2, 0.25) is 11.1 Å². The van der Waals surface area contributed by atoms with Crippen LogP contribution in [0.4, 0.5) is 10.5 Å². The summed E-state index contributed by atoms with van der Waals surface area (Å²) in [4.78, 5) is 28.6. The number of imide groups is 1. The average Bonchev–Trinajstić information content (AvgIpc) is 3.26. The number of nitrogens with zero attached hydrogens (tertiary/aromatic N) is 2. The van der Waals surface area contributed by atoms with Gasteiger partial charge in [-0.3, -0.25) is 15.2 Å². The number of nitrogens with one attached hydrogen (secondary N) is 3. The maximum absolute atomic E-state index is 12.1. The fourth-order valence-electron chi connectivity index (χ4n) is 2.87. The molecule has 0 spiro atoms. The molecule has 166 valence electrons. The first kappa shape index (κ1) is 21.8. The quantitative estimate of drug-likeness (QED) is 0.463. The van der Waals surface area contributed by atoms with Gasteiger partial charge in [-0.25, -0.2) is 9.78 Å². The van der Waals surface area contributed by atoms with Gasteiger partial charge in [-0.05, 0) is 30.3 Å². The van der Waals surface area contributed by atoms with E-state index in [4.69, 9.17) is 25.8 Å². The molecule has 32 heavy (non-hydrogen) atoms. The van der Waals surface area contributed by atoms with Gasteiger partial charge in [0.25, 0.3) is 0 Å². The number of methoxy groups -OCH3 is 1. The van der Waals surface area contributed by atoms with Crippen LogP contribution in [0.3, 0.4) is 0 Å². The molecule has 10 nitrogen and oxygen atoms in total. The van der Waals surface area contributed by atoms with Crippen molar-refractivity contribution < 1.29 is 23.8 Å². The van der Waals surface area contributed by atoms with E-state index in [1.165, 1.54) is 0 Å². The molecule has 3 N–H and O–H groups in total. The molecule has 0 atom stereocenters. The fraction of sp³-hybridized carbons (Fsp3) is 0.200. The minimum atomic E-state index is -0.661. The number of hydrogen-bond acceptors (Lipinski definition) is 8. The van der Waals surface area contributed by atoms with Crippen molar-refractivity contribution in [3.8, 4) is 28.6 Å². The van der Waals surface area contributed by atoms with Gasteiger partial charge < -0.3 is 19.5 Å². The number of anilines is 1. The number of urea groups is 1. The van der Waals surface area contributed by atoms with Crippen molar-refractivity contribution in [3.05, 3.63) is 41.4 Å². The second-order valence-corrected chi connectivity index (χ2v) is 7.84. The van der Waals surface area contributed by atoms with Gasteiger partial charge in [0, 0.05) is 16.8 Å². The lowest BCUT2D eigenvalue weighted by Gasteiger charge is -2.19. The van der Waals surface area contributed by atoms with Crippen LogP contribution in [-0.2, 0) is 4.79 Å². The van der Waals surface area contributed by atoms with E-state index in [1.807, 2.05) is 0 Å². The van der Waals surface area contributed by atoms with Crippen LogP contribution >= 0.6 is 23.4 Å². The van der Waals surface area contributed by atoms with E-state index in [1.54, 1.807) is 43.5 Å². The molecule has 0 saturated heterocycles. The molecule has 1 aromatic heterocycles. The highest BCUT2D eigenvalue weighted by atomic mass is 35.5. The summed E-state index contributed by atoms with van der Waals surface area (Å²) in [6.45, 7) is 0.914. The Morgan fingerprint density at radius 1 is 1.19 bits per heavy atom. The molecule has 12 heteroatoms. The van der Waals surface area contributed by atoms with Crippen LogP contribution in [0.2, 0.25) is 5.02 Å². The van der Waals surface area contributed by atoms with E-state index in [0.29, 0.717) is 57.7 Å². The monoisotopic (exact) mass is 475 g/mol. The molecule has 3 amide bonds. The number of fused-ring (bicyclic) bond motifs is 1. The summed E-state index contributed by atoms with van der Waals surface area (Å²) in [6.07, 6.45) is 0. The van der Waals surface area contributed by atoms with Crippen LogP contribution in [0, 0.1) is 0 Å². The molecule has 0 radical (unpaired) electrons. The molecule has 1 aliphatic heterocycles. The number of halogens is 1. The Bertz CT molecular complexity index is 1160. The number of hydrogen-bond donors (Lipinski definition) is 3. The Kier molecular flexibility index (Phi) is 6.66. The number of amides is 3. The third kappa shape index (κ3) is 5.24. The van der Waals surface area contributed by atoms with Crippen molar-refractivity contribution in [2.75, 3.05) is 31.4 Å². The summed E-state index contributed by atoms with van der Waals surface area (Å²) in [5, 5.41) is 12.6. The molecule has 2 aromatic carbocycles. The van der Waals surface area contributed by atoms with Gasteiger partial charge in [-0.2, -0.15) is 0 Å². The highest BCUT2D eigenvalue weighted by molar-refractivity contribution is 7.99. The standard InChI is InChI=1S/C20H18ClN5O5S/c1-29-14-4-2-11(21)8-13(14)18-24-20(26-25-18)32-10-17(27)23-19(28)22-12-3-5-15-16(9-12)31-7-6-30-15/h2-5,8-9H,6-7,10H2,1H3,(H,24,25,26)(H2,22,23,27,28). The summed E-state index contributed by atoms with van der Waals surface area (Å²) in [7, 11) is 1.54. The zero-order valence-corrected chi connectivity index (χ0v) is 18.4. The van der Waals surface area contributed by atoms with Crippen LogP contribution in [0.15, 0.2) is 41.6 Å². The van der Waals surface area contributed by atoms with Crippen LogP contribution in [0.25, 0.3) is 11.4 Å². The number of aromatic amines is 1. The largest absolute Gasteiger partial charge is 0.496 e. The molecule has 0 unspecified atom stereocenters. The number of thioether (sulfide) groups is 1. The van der Waals surface area contributed by atoms with Crippen molar-refractivity contribution in [3.63, 3.8) is 0 Å². The van der Waals surface area contributed by atoms with Gasteiger partial charge >= 0.3 is 6.03 Å². The molecule has 0 bridgehead atoms. The summed E-state index contributed by atoms with van der Waals surface area (Å²) < 4.78 is 16.2. The molecule has 0 fully saturated rings. The van der Waals surface area contributed by atoms with E-state index in [9.17, 15) is 9.59 Å². The second kappa shape index (κ2) is 9.79. The van der Waals surface area contributed by atoms with Crippen molar-refractivity contribution in [1.82, 2.24) is 20.5 Å². The zero-order chi connectivity index (χ0) is 22.5. The molecule has 1 aliphatic rings. The van der Waals surface area contributed by atoms with Gasteiger partial charge in [-0.15, -0.1) is 5.10 Å². The zero-order valence-electron chi connectivity index (χ0n) is 16.8. The van der Waals surface area contributed by atoms with Crippen LogP contribution in [0.1, 0.15) is 0 Å². The molecule has 2 heterocycles. The summed E-state index contributed by atoms with van der Waals surface area (Å²) in [5.74, 6) is 1.61. The molecule has 0 aliphatic carbocycles. The molecular formula is C20H18ClN5O5S. The number of H-pyrrole nitrogens is 1. The van der Waals surface area contributed by atoms with Gasteiger partial charge in [0.15, 0.2) is 17.3 Å². The minimum Gasteiger partial charge on any atom is -0.496 e. The lowest BCUT2D eigenvalue weighted by Crippen LogP contribution is -2.35. The SMILES string of the molecule is COc1ccc(Cl)cc1-c1nc(SCC(=O)NC(=O)Nc2ccc3c(c2)OCCO3)n[nH]1. The van der Waals surface area contributed by atoms with E-state index in [0.717, 1.165) is 11.8 Å². The first-order valence-electron chi connectivity index (χ1n) is 9.41. The minimum absolute atomic E-state index is 0.0570. The van der Waals surface area contributed by atoms with Crippen LogP contribution in [-0.4, -0.2) is 53.2 Å². The fourth-order valence-corrected chi connectivity index (χ4v) is 3.64. The number of aromatic nitrogens is 3. The number of ether oxygens (including phenoxy) is 3. The summed E-state index contributed by atoms with van der Waals surface area (Å²) >= 11 is 7.12. The van der Waals surface area contributed by atoms with Crippen molar-refractivity contribution in [2.24, 2.45) is 0 Å². The Labute approximate surface area is 192 Å². The van der Waals surface area contributed by atoms with Gasteiger partial charge in [0.1, 0.15) is 19.0 Å². The topological polar surface area (TPSA) is 127 Å². The van der Waals surface area contributed by atoms with Crippen LogP contribution in [0.5, 0.6) is 17.2 Å². The normalized spacial score (nSPS) is 12.2. The Hall–Kier alpha value is -3.44. The van der Waals surface area contributed by atoms with Crippen LogP contribution < -0.4 is 24.8 Å². The Morgan fingerprint density at radius 2 is 2.00 bits per heavy atom. The van der Waals surface area contributed by atoms with E-state index in [2.05, 4.69) is 25.8 Å². The predicted octanol–water partition coefficient (Wildman–Crippen LogP) is 3.35. The second-order valence-electron chi connectivity index (χ2n) is 6.46. The highest BCUT2D eigenvalue weighted by Gasteiger charge is 2.16. The highest BCUT2D eigenvalue weighted by Crippen LogP contribution is 2.33. The Morgan fingerprint density at radius 3 is 2.81 bits per heavy atom. The number of benzene rings is 2. The average molecular weight is 476 g/mol. The van der Waals surface area contributed by atoms with Crippen molar-refractivity contribution in [1.29, 1.82) is 0 Å². The number of rotatable bonds is 6. The lowest BCUT2D eigenvalue weighted by atomic mass is 10.2. The van der Waals surface area contributed by atoms with Gasteiger partial charge in [-0.1, -0.05) is 23.4 Å². The molecule has 4 rings (SSSR count). The first-order chi connectivity index (χ1) is 15.5. The van der Waals surface area contributed by atoms with Crippen molar-refractivity contribution in [2.45, 2.75) is 5.16 Å². The summed E-state index contributed by atoms with van der Waals surface area (Å²) in [5.41, 5.74) is 1.11. The molecule has 0 saturated carbocycles. The lowest BCUT2D eigenvalue weighted by molar-refractivity contribution is -0.117. The number of carbonyl (C=O) groups is 2. The summed E-state index contributed by atoms with van der Waals surface area (Å²) in [6, 6.07) is 9.45. The number of carbonyl (C=O) groups excluding carboxylic acids is 2. The van der Waals surface area contributed by atoms with E-state index >= 15 is 0 Å². The maximum atomic E-state index is 12.1. The third-order valence-electron chi connectivity index (χ3n) is 4.27. The maximum Gasteiger partial charge on any atom is 0.325 e. The molecule has 3 aromatic rings. The van der Waals surface area contributed by atoms with Gasteiger partial charge in [0.05, 0.1) is 18.4 Å². The first-order valence-corrected chi connectivity index (χ1v) is 10.8. The molecular weight excluding hydrogens is 458 g/mol. The Balaban J connectivity index is 1.30. The van der Waals surface area contributed by atoms with E-state index < -0.39 is 11.9 Å². The van der Waals surface area contributed by atoms with E-state index in [-0.39, 0.29) is 5.75 Å². The predicted molar refractivity (Wildman–Crippen MR) is 119 cm³/mol. The smallest absolute Gasteiger partial charge is 0.325 e. The van der Waals surface area contributed by atoms with Crippen molar-refractivity contribution >= 4 is 41.0 Å². The third-order valence-corrected chi connectivity index (χ3v) is 5.35.